The lowest BCUT2D eigenvalue weighted by Crippen LogP contribution is -2.41. The van der Waals surface area contributed by atoms with Gasteiger partial charge in [0.2, 0.25) is 5.91 Å². The number of hydrogen-bond donors (Lipinski definition) is 1. The van der Waals surface area contributed by atoms with Crippen molar-refractivity contribution in [2.24, 2.45) is 0 Å². The molecule has 0 unspecified atom stereocenters. The third-order valence-corrected chi connectivity index (χ3v) is 4.87. The zero-order chi connectivity index (χ0) is 21.5. The Morgan fingerprint density at radius 3 is 2.40 bits per heavy atom. The van der Waals surface area contributed by atoms with E-state index < -0.39 is 5.69 Å². The fourth-order valence-electron chi connectivity index (χ4n) is 3.39. The fourth-order valence-corrected chi connectivity index (χ4v) is 3.39. The van der Waals surface area contributed by atoms with E-state index in [9.17, 15) is 14.4 Å². The van der Waals surface area contributed by atoms with Gasteiger partial charge in [0.15, 0.2) is 0 Å². The summed E-state index contributed by atoms with van der Waals surface area (Å²) < 4.78 is 8.01. The SMILES string of the molecule is CCCCCn1c(=O)c2ccccc2n(CC(=O)Nc2ccc(OCC)cc2)c1=O. The molecule has 1 amide bonds. The number of benzene rings is 2. The first-order valence-electron chi connectivity index (χ1n) is 10.3. The Morgan fingerprint density at radius 1 is 0.967 bits per heavy atom. The molecule has 0 fully saturated rings. The highest BCUT2D eigenvalue weighted by molar-refractivity contribution is 5.91. The van der Waals surface area contributed by atoms with E-state index in [-0.39, 0.29) is 18.0 Å². The van der Waals surface area contributed by atoms with E-state index in [1.54, 1.807) is 48.5 Å². The number of amides is 1. The van der Waals surface area contributed by atoms with Crippen molar-refractivity contribution in [3.05, 3.63) is 69.4 Å². The second-order valence-electron chi connectivity index (χ2n) is 7.06. The van der Waals surface area contributed by atoms with Gasteiger partial charge in [0.25, 0.3) is 5.56 Å². The number of hydrogen-bond acceptors (Lipinski definition) is 4. The molecule has 0 saturated heterocycles. The van der Waals surface area contributed by atoms with Gasteiger partial charge in [-0.2, -0.15) is 0 Å². The van der Waals surface area contributed by atoms with Crippen molar-refractivity contribution in [1.29, 1.82) is 0 Å². The molecule has 1 N–H and O–H groups in total. The lowest BCUT2D eigenvalue weighted by Gasteiger charge is -2.14. The summed E-state index contributed by atoms with van der Waals surface area (Å²) in [6.07, 6.45) is 2.65. The second kappa shape index (κ2) is 9.91. The number of ether oxygens (including phenoxy) is 1. The fraction of sp³-hybridized carbons (Fsp3) is 0.348. The van der Waals surface area contributed by atoms with E-state index >= 15 is 0 Å². The number of carbonyl (C=O) groups is 1. The minimum Gasteiger partial charge on any atom is -0.494 e. The van der Waals surface area contributed by atoms with Gasteiger partial charge in [0.1, 0.15) is 12.3 Å². The van der Waals surface area contributed by atoms with Crippen LogP contribution in [0, 0.1) is 0 Å². The van der Waals surface area contributed by atoms with Gasteiger partial charge in [0.05, 0.1) is 17.5 Å². The van der Waals surface area contributed by atoms with Gasteiger partial charge < -0.3 is 10.1 Å². The number of aromatic nitrogens is 2. The summed E-state index contributed by atoms with van der Waals surface area (Å²) in [6, 6.07) is 13.9. The predicted octanol–water partition coefficient (Wildman–Crippen LogP) is 3.39. The molecule has 0 aliphatic heterocycles. The first-order chi connectivity index (χ1) is 14.5. The van der Waals surface area contributed by atoms with Crippen LogP contribution in [0.1, 0.15) is 33.1 Å². The number of fused-ring (bicyclic) bond motifs is 1. The molecule has 7 nitrogen and oxygen atoms in total. The normalized spacial score (nSPS) is 10.9. The molecule has 0 saturated carbocycles. The number of carbonyl (C=O) groups excluding carboxylic acids is 1. The monoisotopic (exact) mass is 409 g/mol. The molecule has 7 heteroatoms. The van der Waals surface area contributed by atoms with Crippen LogP contribution >= 0.6 is 0 Å². The van der Waals surface area contributed by atoms with Crippen LogP contribution in [0.3, 0.4) is 0 Å². The topological polar surface area (TPSA) is 82.3 Å². The minimum absolute atomic E-state index is 0.180. The molecule has 158 valence electrons. The summed E-state index contributed by atoms with van der Waals surface area (Å²) in [5.41, 5.74) is 0.296. The molecule has 0 bridgehead atoms. The Labute approximate surface area is 174 Å². The molecule has 30 heavy (non-hydrogen) atoms. The number of para-hydroxylation sites is 1. The zero-order valence-electron chi connectivity index (χ0n) is 17.4. The van der Waals surface area contributed by atoms with Crippen molar-refractivity contribution in [3.8, 4) is 5.75 Å². The zero-order valence-corrected chi connectivity index (χ0v) is 17.4. The maximum absolute atomic E-state index is 13.0. The third-order valence-electron chi connectivity index (χ3n) is 4.87. The molecule has 0 spiro atoms. The Hall–Kier alpha value is -3.35. The summed E-state index contributed by atoms with van der Waals surface area (Å²) in [5, 5.41) is 3.23. The minimum atomic E-state index is -0.461. The summed E-state index contributed by atoms with van der Waals surface area (Å²) in [6.45, 7) is 4.69. The second-order valence-corrected chi connectivity index (χ2v) is 7.06. The maximum atomic E-state index is 13.0. The molecule has 3 aromatic rings. The lowest BCUT2D eigenvalue weighted by molar-refractivity contribution is -0.116. The van der Waals surface area contributed by atoms with Gasteiger partial charge >= 0.3 is 5.69 Å². The average molecular weight is 409 g/mol. The molecule has 1 heterocycles. The summed E-state index contributed by atoms with van der Waals surface area (Å²) in [7, 11) is 0. The Morgan fingerprint density at radius 2 is 1.70 bits per heavy atom. The Bertz CT molecular complexity index is 1130. The smallest absolute Gasteiger partial charge is 0.331 e. The van der Waals surface area contributed by atoms with Crippen LogP contribution in [0.5, 0.6) is 5.75 Å². The largest absolute Gasteiger partial charge is 0.494 e. The van der Waals surface area contributed by atoms with E-state index in [0.717, 1.165) is 25.0 Å². The quantitative estimate of drug-likeness (QED) is 0.549. The third kappa shape index (κ3) is 4.79. The highest BCUT2D eigenvalue weighted by Gasteiger charge is 2.15. The van der Waals surface area contributed by atoms with Gasteiger partial charge in [-0.15, -0.1) is 0 Å². The molecule has 0 radical (unpaired) electrons. The van der Waals surface area contributed by atoms with Crippen LogP contribution in [0.4, 0.5) is 5.69 Å². The van der Waals surface area contributed by atoms with Gasteiger partial charge in [-0.3, -0.25) is 18.7 Å². The number of anilines is 1. The number of nitrogens with one attached hydrogen (secondary N) is 1. The molecule has 3 rings (SSSR count). The van der Waals surface area contributed by atoms with Crippen LogP contribution < -0.4 is 21.3 Å². The maximum Gasteiger partial charge on any atom is 0.331 e. The van der Waals surface area contributed by atoms with Gasteiger partial charge in [0, 0.05) is 12.2 Å². The molecular formula is C23H27N3O4. The molecule has 0 aliphatic rings. The van der Waals surface area contributed by atoms with Crippen molar-refractivity contribution >= 4 is 22.5 Å². The molecule has 0 atom stereocenters. The average Bonchev–Trinajstić information content (AvgIpc) is 2.75. The molecule has 2 aromatic carbocycles. The highest BCUT2D eigenvalue weighted by atomic mass is 16.5. The van der Waals surface area contributed by atoms with E-state index in [2.05, 4.69) is 12.2 Å². The Balaban J connectivity index is 1.89. The molecule has 0 aliphatic carbocycles. The first-order valence-corrected chi connectivity index (χ1v) is 10.3. The first kappa shape index (κ1) is 21.4. The van der Waals surface area contributed by atoms with Crippen molar-refractivity contribution in [2.45, 2.75) is 46.2 Å². The molecular weight excluding hydrogens is 382 g/mol. The Kier molecular flexibility index (Phi) is 7.06. The standard InChI is InChI=1S/C23H27N3O4/c1-3-5-8-15-25-22(28)19-9-6-7-10-20(19)26(23(25)29)16-21(27)24-17-11-13-18(14-12-17)30-4-2/h6-7,9-14H,3-5,8,15-16H2,1-2H3,(H,24,27). The summed E-state index contributed by atoms with van der Waals surface area (Å²) in [4.78, 5) is 38.5. The van der Waals surface area contributed by atoms with Gasteiger partial charge in [-0.25, -0.2) is 4.79 Å². The number of rotatable bonds is 9. The van der Waals surface area contributed by atoms with E-state index in [0.29, 0.717) is 29.7 Å². The van der Waals surface area contributed by atoms with Crippen LogP contribution in [-0.2, 0) is 17.9 Å². The van der Waals surface area contributed by atoms with Gasteiger partial charge in [-0.1, -0.05) is 31.9 Å². The van der Waals surface area contributed by atoms with Crippen LogP contribution in [0.15, 0.2) is 58.1 Å². The van der Waals surface area contributed by atoms with Crippen LogP contribution in [-0.4, -0.2) is 21.6 Å². The summed E-state index contributed by atoms with van der Waals surface area (Å²) in [5.74, 6) is 0.377. The lowest BCUT2D eigenvalue weighted by atomic mass is 10.2. The van der Waals surface area contributed by atoms with Crippen molar-refractivity contribution in [2.75, 3.05) is 11.9 Å². The van der Waals surface area contributed by atoms with E-state index in [1.807, 2.05) is 6.92 Å². The van der Waals surface area contributed by atoms with Gasteiger partial charge in [-0.05, 0) is 49.7 Å². The highest BCUT2D eigenvalue weighted by Crippen LogP contribution is 2.16. The molecule has 1 aromatic heterocycles. The van der Waals surface area contributed by atoms with E-state index in [4.69, 9.17) is 4.74 Å². The van der Waals surface area contributed by atoms with Crippen molar-refractivity contribution in [1.82, 2.24) is 9.13 Å². The van der Waals surface area contributed by atoms with Crippen molar-refractivity contribution < 1.29 is 9.53 Å². The predicted molar refractivity (Wildman–Crippen MR) is 118 cm³/mol. The van der Waals surface area contributed by atoms with Crippen LogP contribution in [0.2, 0.25) is 0 Å². The van der Waals surface area contributed by atoms with Crippen molar-refractivity contribution in [3.63, 3.8) is 0 Å². The number of unbranched alkanes of at least 4 members (excludes halogenated alkanes) is 2. The van der Waals surface area contributed by atoms with Crippen LogP contribution in [0.25, 0.3) is 10.9 Å². The summed E-state index contributed by atoms with van der Waals surface area (Å²) >= 11 is 0. The number of nitrogens with zero attached hydrogens (tertiary/aromatic N) is 2. The van der Waals surface area contributed by atoms with E-state index in [1.165, 1.54) is 9.13 Å².